The molecule has 7 nitrogen and oxygen atoms in total. The highest BCUT2D eigenvalue weighted by Crippen LogP contribution is 2.28. The van der Waals surface area contributed by atoms with Gasteiger partial charge in [0.25, 0.3) is 0 Å². The lowest BCUT2D eigenvalue weighted by Gasteiger charge is -2.29. The first kappa shape index (κ1) is 15.9. The molecule has 0 aliphatic heterocycles. The van der Waals surface area contributed by atoms with Gasteiger partial charge in [-0.15, -0.1) is 0 Å². The quantitative estimate of drug-likeness (QED) is 0.635. The van der Waals surface area contributed by atoms with Crippen LogP contribution < -0.4 is 4.90 Å². The maximum atomic E-state index is 11.1. The zero-order valence-corrected chi connectivity index (χ0v) is 12.0. The van der Waals surface area contributed by atoms with Crippen molar-refractivity contribution >= 4 is 17.5 Å². The van der Waals surface area contributed by atoms with Gasteiger partial charge in [0, 0.05) is 18.7 Å². The van der Waals surface area contributed by atoms with E-state index in [-0.39, 0.29) is 29.2 Å². The van der Waals surface area contributed by atoms with E-state index in [1.165, 1.54) is 6.07 Å². The Kier molecular flexibility index (Phi) is 5.01. The largest absolute Gasteiger partial charge is 0.477 e. The molecule has 0 spiro atoms. The van der Waals surface area contributed by atoms with Crippen LogP contribution in [-0.2, 0) is 0 Å². The van der Waals surface area contributed by atoms with E-state index >= 15 is 0 Å². The molecule has 1 rings (SSSR count). The summed E-state index contributed by atoms with van der Waals surface area (Å²) in [7, 11) is 0. The van der Waals surface area contributed by atoms with E-state index in [0.29, 0.717) is 6.54 Å². The zero-order valence-electron chi connectivity index (χ0n) is 12.0. The summed E-state index contributed by atoms with van der Waals surface area (Å²) in [6, 6.07) is 2.33. The van der Waals surface area contributed by atoms with Crippen LogP contribution in [0.1, 0.15) is 38.2 Å². The van der Waals surface area contributed by atoms with Gasteiger partial charge in [0.15, 0.2) is 5.69 Å². The predicted molar refractivity (Wildman–Crippen MR) is 75.2 cm³/mol. The fraction of sp³-hybridized carbons (Fsp3) is 0.538. The third-order valence-corrected chi connectivity index (χ3v) is 2.73. The van der Waals surface area contributed by atoms with Crippen LogP contribution in [0.15, 0.2) is 12.1 Å². The van der Waals surface area contributed by atoms with Gasteiger partial charge in [-0.3, -0.25) is 10.1 Å². The molecule has 0 saturated heterocycles. The molecule has 0 bridgehead atoms. The van der Waals surface area contributed by atoms with E-state index < -0.39 is 10.9 Å². The third kappa shape index (κ3) is 3.66. The van der Waals surface area contributed by atoms with Crippen molar-refractivity contribution < 1.29 is 14.8 Å². The van der Waals surface area contributed by atoms with Crippen LogP contribution in [0.25, 0.3) is 0 Å². The maximum absolute atomic E-state index is 11.1. The number of aromatic carboxylic acids is 1. The van der Waals surface area contributed by atoms with Gasteiger partial charge >= 0.3 is 11.7 Å². The minimum absolute atomic E-state index is 0.0207. The molecule has 0 saturated carbocycles. The Hall–Kier alpha value is -2.18. The Morgan fingerprint density at radius 1 is 1.40 bits per heavy atom. The summed E-state index contributed by atoms with van der Waals surface area (Å²) in [5.41, 5.74) is -0.371. The van der Waals surface area contributed by atoms with Gasteiger partial charge in [-0.05, 0) is 25.8 Å². The van der Waals surface area contributed by atoms with Gasteiger partial charge in [-0.2, -0.15) is 0 Å². The molecule has 0 unspecified atom stereocenters. The van der Waals surface area contributed by atoms with Crippen molar-refractivity contribution in [2.24, 2.45) is 5.92 Å². The van der Waals surface area contributed by atoms with E-state index in [1.54, 1.807) is 4.90 Å². The van der Waals surface area contributed by atoms with Crippen molar-refractivity contribution in [3.63, 3.8) is 0 Å². The van der Waals surface area contributed by atoms with Gasteiger partial charge < -0.3 is 10.0 Å². The van der Waals surface area contributed by atoms with Gasteiger partial charge in [0.1, 0.15) is 0 Å². The Bertz CT molecular complexity index is 514. The minimum Gasteiger partial charge on any atom is -0.477 e. The molecule has 0 atom stereocenters. The van der Waals surface area contributed by atoms with Gasteiger partial charge in [-0.1, -0.05) is 13.8 Å². The van der Waals surface area contributed by atoms with Crippen molar-refractivity contribution in [3.05, 3.63) is 27.9 Å². The maximum Gasteiger partial charge on any atom is 0.354 e. The Morgan fingerprint density at radius 2 is 2.00 bits per heavy atom. The highest BCUT2D eigenvalue weighted by Gasteiger charge is 2.25. The first-order valence-corrected chi connectivity index (χ1v) is 6.39. The lowest BCUT2D eigenvalue weighted by Crippen LogP contribution is -2.35. The van der Waals surface area contributed by atoms with Crippen molar-refractivity contribution in [2.75, 3.05) is 11.4 Å². The Morgan fingerprint density at radius 3 is 2.40 bits per heavy atom. The number of carboxylic acid groups (broad SMARTS) is 1. The second kappa shape index (κ2) is 6.31. The van der Waals surface area contributed by atoms with Gasteiger partial charge in [-0.25, -0.2) is 9.78 Å². The average Bonchev–Trinajstić information content (AvgIpc) is 2.34. The summed E-state index contributed by atoms with van der Waals surface area (Å²) in [5, 5.41) is 20.1. The summed E-state index contributed by atoms with van der Waals surface area (Å²) in [5.74, 6) is -0.819. The molecule has 0 aliphatic rings. The number of aromatic nitrogens is 1. The SMILES string of the molecule is CC(C)CN(c1nc(C(=O)O)ccc1[N+](=O)[O-])C(C)C. The van der Waals surface area contributed by atoms with E-state index in [2.05, 4.69) is 4.98 Å². The number of nitrogens with zero attached hydrogens (tertiary/aromatic N) is 3. The second-order valence-electron chi connectivity index (χ2n) is 5.24. The fourth-order valence-corrected chi connectivity index (χ4v) is 1.85. The van der Waals surface area contributed by atoms with Crippen molar-refractivity contribution in [2.45, 2.75) is 33.7 Å². The average molecular weight is 281 g/mol. The first-order valence-electron chi connectivity index (χ1n) is 6.39. The molecule has 1 aromatic heterocycles. The van der Waals surface area contributed by atoms with E-state index in [9.17, 15) is 14.9 Å². The van der Waals surface area contributed by atoms with Gasteiger partial charge in [0.05, 0.1) is 4.92 Å². The van der Waals surface area contributed by atoms with Crippen LogP contribution in [0.3, 0.4) is 0 Å². The predicted octanol–water partition coefficient (Wildman–Crippen LogP) is 2.56. The van der Waals surface area contributed by atoms with Crippen LogP contribution in [0.2, 0.25) is 0 Å². The topological polar surface area (TPSA) is 96.6 Å². The number of nitro groups is 1. The monoisotopic (exact) mass is 281 g/mol. The van der Waals surface area contributed by atoms with Crippen LogP contribution in [0.5, 0.6) is 0 Å². The summed E-state index contributed by atoms with van der Waals surface area (Å²) in [6.45, 7) is 8.32. The number of hydrogen-bond donors (Lipinski definition) is 1. The number of rotatable bonds is 6. The van der Waals surface area contributed by atoms with Crippen molar-refractivity contribution in [1.29, 1.82) is 0 Å². The molecular formula is C13H19N3O4. The molecule has 1 N–H and O–H groups in total. The Balaban J connectivity index is 3.38. The number of anilines is 1. The normalized spacial score (nSPS) is 10.9. The number of carboxylic acids is 1. The molecule has 0 aromatic carbocycles. The number of carbonyl (C=O) groups is 1. The zero-order chi connectivity index (χ0) is 15.4. The van der Waals surface area contributed by atoms with Crippen LogP contribution in [-0.4, -0.2) is 33.6 Å². The summed E-state index contributed by atoms with van der Waals surface area (Å²) >= 11 is 0. The highest BCUT2D eigenvalue weighted by molar-refractivity contribution is 5.86. The van der Waals surface area contributed by atoms with E-state index in [0.717, 1.165) is 6.07 Å². The minimum atomic E-state index is -1.20. The van der Waals surface area contributed by atoms with Crippen molar-refractivity contribution in [1.82, 2.24) is 4.98 Å². The lowest BCUT2D eigenvalue weighted by molar-refractivity contribution is -0.384. The van der Waals surface area contributed by atoms with Crippen LogP contribution in [0, 0.1) is 16.0 Å². The fourth-order valence-electron chi connectivity index (χ4n) is 1.85. The molecule has 0 aliphatic carbocycles. The third-order valence-electron chi connectivity index (χ3n) is 2.73. The van der Waals surface area contributed by atoms with Gasteiger partial charge in [0.2, 0.25) is 5.82 Å². The highest BCUT2D eigenvalue weighted by atomic mass is 16.6. The van der Waals surface area contributed by atoms with Crippen molar-refractivity contribution in [3.8, 4) is 0 Å². The molecule has 0 amide bonds. The van der Waals surface area contributed by atoms with E-state index in [4.69, 9.17) is 5.11 Å². The second-order valence-corrected chi connectivity index (χ2v) is 5.24. The smallest absolute Gasteiger partial charge is 0.354 e. The standard InChI is InChI=1S/C13H19N3O4/c1-8(2)7-15(9(3)4)12-11(16(19)20)6-5-10(14-12)13(17)18/h5-6,8-9H,7H2,1-4H3,(H,17,18). The summed E-state index contributed by atoms with van der Waals surface area (Å²) in [6.07, 6.45) is 0. The molecule has 110 valence electrons. The lowest BCUT2D eigenvalue weighted by atomic mass is 10.1. The number of pyridine rings is 1. The van der Waals surface area contributed by atoms with E-state index in [1.807, 2.05) is 27.7 Å². The molecule has 1 aromatic rings. The first-order chi connectivity index (χ1) is 9.23. The molecular weight excluding hydrogens is 262 g/mol. The summed E-state index contributed by atoms with van der Waals surface area (Å²) in [4.78, 5) is 27.3. The molecule has 7 heteroatoms. The molecule has 0 radical (unpaired) electrons. The molecule has 20 heavy (non-hydrogen) atoms. The van der Waals surface area contributed by atoms with Crippen LogP contribution in [0.4, 0.5) is 11.5 Å². The molecule has 1 heterocycles. The molecule has 0 fully saturated rings. The number of hydrogen-bond acceptors (Lipinski definition) is 5. The van der Waals surface area contributed by atoms with Crippen LogP contribution >= 0.6 is 0 Å². The Labute approximate surface area is 117 Å². The summed E-state index contributed by atoms with van der Waals surface area (Å²) < 4.78 is 0.